The molecule has 2 unspecified atom stereocenters. The molecule has 0 saturated carbocycles. The second kappa shape index (κ2) is 23.0. The molecule has 2 atom stereocenters. The largest absolute Gasteiger partial charge is 0.457 e. The van der Waals surface area contributed by atoms with Crippen molar-refractivity contribution in [3.8, 4) is 0 Å². The zero-order chi connectivity index (χ0) is 25.5. The van der Waals surface area contributed by atoms with Gasteiger partial charge in [-0.05, 0) is 12.8 Å². The normalized spacial score (nSPS) is 14.3. The fourth-order valence-electron chi connectivity index (χ4n) is 3.63. The Bertz CT molecular complexity index is 518. The molecule has 7 nitrogen and oxygen atoms in total. The summed E-state index contributed by atoms with van der Waals surface area (Å²) in [5.41, 5.74) is 0. The second-order valence-corrected chi connectivity index (χ2v) is 11.8. The van der Waals surface area contributed by atoms with E-state index in [1.165, 1.54) is 70.6 Å². The average Bonchev–Trinajstić information content (AvgIpc) is 2.78. The molecule has 204 valence electrons. The molecule has 0 fully saturated rings. The summed E-state index contributed by atoms with van der Waals surface area (Å²) in [5, 5.41) is 0. The Kier molecular flexibility index (Phi) is 22.7. The molecule has 34 heavy (non-hydrogen) atoms. The number of nitrogens with one attached hydrogen (secondary N) is 1. The van der Waals surface area contributed by atoms with E-state index in [2.05, 4.69) is 6.92 Å². The molecule has 0 aromatic rings. The van der Waals surface area contributed by atoms with Crippen molar-refractivity contribution >= 4 is 13.6 Å². The number of unbranched alkanes of at least 4 members (excludes halogenated alkanes) is 12. The molecule has 0 aliphatic heterocycles. The van der Waals surface area contributed by atoms with E-state index in [1.807, 2.05) is 21.0 Å². The van der Waals surface area contributed by atoms with Crippen LogP contribution < -0.4 is 4.90 Å². The van der Waals surface area contributed by atoms with Crippen LogP contribution in [0.2, 0.25) is 0 Å². The number of carbonyl (C=O) groups excluding carboxylic acids is 1. The number of carbonyl (C=O) groups is 1. The molecule has 0 heterocycles. The summed E-state index contributed by atoms with van der Waals surface area (Å²) in [6.45, 7) is 5.36. The number of esters is 1. The smallest absolute Gasteiger partial charge is 0.333 e. The Hall–Kier alpha value is -0.460. The number of hydrogen-bond acceptors (Lipinski definition) is 5. The summed E-state index contributed by atoms with van der Waals surface area (Å²) in [4.78, 5) is 23.0. The molecule has 0 spiro atoms. The first-order valence-electron chi connectivity index (χ1n) is 13.8. The molecule has 8 heteroatoms. The van der Waals surface area contributed by atoms with E-state index in [-0.39, 0.29) is 25.3 Å². The molecule has 0 aromatic carbocycles. The zero-order valence-electron chi connectivity index (χ0n) is 22.7. The lowest BCUT2D eigenvalue weighted by Crippen LogP contribution is -3.06. The highest BCUT2D eigenvalue weighted by Crippen LogP contribution is 2.41. The molecule has 0 saturated heterocycles. The van der Waals surface area contributed by atoms with Crippen LogP contribution in [-0.4, -0.2) is 63.6 Å². The molecule has 0 rings (SSSR count). The summed E-state index contributed by atoms with van der Waals surface area (Å²) >= 11 is 0. The third-order valence-electron chi connectivity index (χ3n) is 5.80. The molecule has 2 N–H and O–H groups in total. The van der Waals surface area contributed by atoms with Gasteiger partial charge in [0.15, 0.2) is 0 Å². The van der Waals surface area contributed by atoms with Gasteiger partial charge in [0.2, 0.25) is 0 Å². The second-order valence-electron chi connectivity index (χ2n) is 9.79. The van der Waals surface area contributed by atoms with E-state index in [9.17, 15) is 14.3 Å². The summed E-state index contributed by atoms with van der Waals surface area (Å²) in [6, 6.07) is 0. The van der Waals surface area contributed by atoms with Gasteiger partial charge in [-0.25, -0.2) is 0 Å². The predicted octanol–water partition coefficient (Wildman–Crippen LogP) is 5.15. The van der Waals surface area contributed by atoms with Crippen molar-refractivity contribution in [3.05, 3.63) is 0 Å². The highest BCUT2D eigenvalue weighted by molar-refractivity contribution is 7.52. The number of rotatable bonds is 25. The van der Waals surface area contributed by atoms with E-state index in [0.717, 1.165) is 17.7 Å². The summed E-state index contributed by atoms with van der Waals surface area (Å²) in [7, 11) is 0.131. The zero-order valence-corrected chi connectivity index (χ0v) is 23.5. The Balaban J connectivity index is 3.91. The van der Waals surface area contributed by atoms with Crippen LogP contribution in [0.5, 0.6) is 0 Å². The molecule has 0 aliphatic rings. The highest BCUT2D eigenvalue weighted by atomic mass is 31.2. The van der Waals surface area contributed by atoms with Gasteiger partial charge in [-0.1, -0.05) is 90.9 Å². The van der Waals surface area contributed by atoms with Crippen LogP contribution in [0.25, 0.3) is 0 Å². The predicted molar refractivity (Wildman–Crippen MR) is 140 cm³/mol. The van der Waals surface area contributed by atoms with Gasteiger partial charge in [0, 0.05) is 13.0 Å². The van der Waals surface area contributed by atoms with Gasteiger partial charge in [0.25, 0.3) is 0 Å². The Morgan fingerprint density at radius 2 is 1.35 bits per heavy atom. The maximum atomic E-state index is 12.2. The van der Waals surface area contributed by atoms with Crippen molar-refractivity contribution in [1.29, 1.82) is 0 Å². The maximum absolute atomic E-state index is 12.2. The first-order chi connectivity index (χ1) is 16.3. The fraction of sp³-hybridized carbons (Fsp3) is 0.962. The summed E-state index contributed by atoms with van der Waals surface area (Å²) in [5.74, 6) is -0.328. The summed E-state index contributed by atoms with van der Waals surface area (Å²) < 4.78 is 28.5. The molecule has 0 bridgehead atoms. The van der Waals surface area contributed by atoms with Crippen LogP contribution in [0.1, 0.15) is 110 Å². The van der Waals surface area contributed by atoms with Crippen LogP contribution in [0.4, 0.5) is 0 Å². The minimum Gasteiger partial charge on any atom is -0.457 e. The van der Waals surface area contributed by atoms with E-state index in [1.54, 1.807) is 0 Å². The quantitative estimate of drug-likeness (QED) is 0.101. The van der Waals surface area contributed by atoms with Gasteiger partial charge in [0.05, 0.1) is 40.0 Å². The first kappa shape index (κ1) is 33.5. The van der Waals surface area contributed by atoms with Gasteiger partial charge in [0.1, 0.15) is 6.10 Å². The van der Waals surface area contributed by atoms with Gasteiger partial charge >= 0.3 is 13.6 Å². The lowest BCUT2D eigenvalue weighted by atomic mass is 10.0. The van der Waals surface area contributed by atoms with Gasteiger partial charge in [-0.2, -0.15) is 0 Å². The minimum absolute atomic E-state index is 0.0742. The Morgan fingerprint density at radius 3 is 1.85 bits per heavy atom. The lowest BCUT2D eigenvalue weighted by molar-refractivity contribution is -0.855. The van der Waals surface area contributed by atoms with E-state index >= 15 is 0 Å². The van der Waals surface area contributed by atoms with Crippen LogP contribution in [0.3, 0.4) is 0 Å². The molecule has 0 aromatic heterocycles. The molecule has 0 aliphatic carbocycles. The number of ether oxygens (including phenoxy) is 2. The highest BCUT2D eigenvalue weighted by Gasteiger charge is 2.24. The van der Waals surface area contributed by atoms with Gasteiger partial charge < -0.3 is 23.8 Å². The SMILES string of the molecule is CCCCCCCCCCCCCCCOCC(COP(=O)(O)CC[NH+](C)C)OC(=O)CCC. The van der Waals surface area contributed by atoms with Gasteiger partial charge in [-0.15, -0.1) is 0 Å². The molecule has 0 amide bonds. The molecule has 0 radical (unpaired) electrons. The van der Waals surface area contributed by atoms with Crippen LogP contribution >= 0.6 is 7.60 Å². The van der Waals surface area contributed by atoms with Crippen molar-refractivity contribution in [3.63, 3.8) is 0 Å². The monoisotopic (exact) mass is 508 g/mol. The van der Waals surface area contributed by atoms with Crippen molar-refractivity contribution < 1.29 is 33.2 Å². The average molecular weight is 509 g/mol. The number of quaternary nitrogens is 1. The molecular formula is C26H55NO6P+. The third kappa shape index (κ3) is 23.3. The van der Waals surface area contributed by atoms with E-state index in [4.69, 9.17) is 14.0 Å². The fourth-order valence-corrected chi connectivity index (χ4v) is 4.89. The van der Waals surface area contributed by atoms with Crippen LogP contribution in [-0.2, 0) is 23.4 Å². The standard InChI is InChI=1S/C26H54NO6P/c1-5-7-8-9-10-11-12-13-14-15-16-17-18-21-31-23-25(33-26(28)19-6-2)24-32-34(29,30)22-20-27(3)4/h25H,5-24H2,1-4H3,(H,29,30)/p+1. The van der Waals surface area contributed by atoms with Crippen molar-refractivity contribution in [2.75, 3.05) is 46.6 Å². The minimum atomic E-state index is -3.70. The number of hydrogen-bond donors (Lipinski definition) is 2. The van der Waals surface area contributed by atoms with Crippen molar-refractivity contribution in [2.45, 2.75) is 116 Å². The van der Waals surface area contributed by atoms with Gasteiger partial charge in [-0.3, -0.25) is 9.36 Å². The summed E-state index contributed by atoms with van der Waals surface area (Å²) in [6.07, 6.45) is 17.3. The van der Waals surface area contributed by atoms with Crippen molar-refractivity contribution in [1.82, 2.24) is 0 Å². The Morgan fingerprint density at radius 1 is 0.824 bits per heavy atom. The topological polar surface area (TPSA) is 86.5 Å². The lowest BCUT2D eigenvalue weighted by Gasteiger charge is -2.20. The van der Waals surface area contributed by atoms with E-state index in [0.29, 0.717) is 26.0 Å². The van der Waals surface area contributed by atoms with Crippen LogP contribution in [0, 0.1) is 0 Å². The van der Waals surface area contributed by atoms with E-state index < -0.39 is 13.7 Å². The van der Waals surface area contributed by atoms with Crippen molar-refractivity contribution in [2.24, 2.45) is 0 Å². The molecular weight excluding hydrogens is 453 g/mol. The Labute approximate surface area is 209 Å². The maximum Gasteiger partial charge on any atom is 0.333 e. The first-order valence-corrected chi connectivity index (χ1v) is 15.6. The third-order valence-corrected chi connectivity index (χ3v) is 7.15. The van der Waals surface area contributed by atoms with Crippen LogP contribution in [0.15, 0.2) is 0 Å².